The van der Waals surface area contributed by atoms with Gasteiger partial charge in [0.25, 0.3) is 0 Å². The van der Waals surface area contributed by atoms with Crippen molar-refractivity contribution in [3.05, 3.63) is 22.2 Å². The maximum Gasteiger partial charge on any atom is 0.244 e. The van der Waals surface area contributed by atoms with Gasteiger partial charge in [-0.1, -0.05) is 6.92 Å². The molecule has 1 N–H and O–H groups in total. The van der Waals surface area contributed by atoms with Crippen LogP contribution in [0.2, 0.25) is 0 Å². The number of thiazole rings is 1. The lowest BCUT2D eigenvalue weighted by molar-refractivity contribution is -0.116. The number of hydrogen-bond acceptors (Lipinski definition) is 3. The van der Waals surface area contributed by atoms with E-state index < -0.39 is 0 Å². The summed E-state index contributed by atoms with van der Waals surface area (Å²) < 4.78 is 0. The number of nitrogens with one attached hydrogen (secondary N) is 1. The van der Waals surface area contributed by atoms with Crippen LogP contribution in [0, 0.1) is 6.92 Å². The molecule has 0 fully saturated rings. The van der Waals surface area contributed by atoms with Gasteiger partial charge in [0, 0.05) is 18.0 Å². The summed E-state index contributed by atoms with van der Waals surface area (Å²) in [6, 6.07) is 0. The number of hydrogen-bond donors (Lipinski definition) is 1. The second kappa shape index (κ2) is 5.54. The fraction of sp³-hybridized carbons (Fsp3) is 0.400. The smallest absolute Gasteiger partial charge is 0.244 e. The second-order valence-corrected chi connectivity index (χ2v) is 3.98. The average molecular weight is 210 g/mol. The van der Waals surface area contributed by atoms with Crippen LogP contribution in [0.25, 0.3) is 6.08 Å². The Labute approximate surface area is 87.9 Å². The molecule has 0 aromatic carbocycles. The van der Waals surface area contributed by atoms with Gasteiger partial charge in [-0.25, -0.2) is 4.98 Å². The number of amides is 1. The van der Waals surface area contributed by atoms with Crippen LogP contribution in [-0.4, -0.2) is 17.4 Å². The Bertz CT molecular complexity index is 331. The van der Waals surface area contributed by atoms with Crippen molar-refractivity contribution in [2.75, 3.05) is 6.54 Å². The summed E-state index contributed by atoms with van der Waals surface area (Å²) in [6.45, 7) is 4.69. The van der Waals surface area contributed by atoms with Crippen molar-refractivity contribution in [2.45, 2.75) is 20.3 Å². The van der Waals surface area contributed by atoms with Gasteiger partial charge in [0.2, 0.25) is 5.91 Å². The number of rotatable bonds is 4. The van der Waals surface area contributed by atoms with Gasteiger partial charge in [-0.2, -0.15) is 0 Å². The first kappa shape index (κ1) is 10.9. The Balaban J connectivity index is 2.43. The van der Waals surface area contributed by atoms with Crippen LogP contribution < -0.4 is 5.32 Å². The molecule has 0 aliphatic rings. The summed E-state index contributed by atoms with van der Waals surface area (Å²) in [4.78, 5) is 15.4. The van der Waals surface area contributed by atoms with Gasteiger partial charge < -0.3 is 5.32 Å². The summed E-state index contributed by atoms with van der Waals surface area (Å²) in [5, 5.41) is 5.70. The zero-order valence-corrected chi connectivity index (χ0v) is 9.23. The van der Waals surface area contributed by atoms with Crippen molar-refractivity contribution in [2.24, 2.45) is 0 Å². The van der Waals surface area contributed by atoms with Crippen LogP contribution in [0.15, 0.2) is 11.5 Å². The predicted molar refractivity (Wildman–Crippen MR) is 59.2 cm³/mol. The molecular formula is C10H14N2OS. The molecule has 0 bridgehead atoms. The summed E-state index contributed by atoms with van der Waals surface area (Å²) in [5.41, 5.74) is 0.846. The molecule has 1 rings (SSSR count). The molecule has 1 amide bonds. The van der Waals surface area contributed by atoms with Crippen LogP contribution in [0.4, 0.5) is 0 Å². The lowest BCUT2D eigenvalue weighted by atomic mass is 10.4. The van der Waals surface area contributed by atoms with Gasteiger partial charge in [0.1, 0.15) is 0 Å². The van der Waals surface area contributed by atoms with E-state index in [1.165, 1.54) is 6.08 Å². The van der Waals surface area contributed by atoms with E-state index in [1.807, 2.05) is 19.2 Å². The molecule has 1 heterocycles. The third-order valence-electron chi connectivity index (χ3n) is 1.59. The van der Waals surface area contributed by atoms with E-state index in [0.29, 0.717) is 0 Å². The Morgan fingerprint density at radius 2 is 2.50 bits per heavy atom. The fourth-order valence-electron chi connectivity index (χ4n) is 0.925. The van der Waals surface area contributed by atoms with E-state index >= 15 is 0 Å². The number of carbonyl (C=O) groups is 1. The quantitative estimate of drug-likeness (QED) is 0.772. The molecule has 1 aromatic rings. The molecule has 0 radical (unpaired) electrons. The van der Waals surface area contributed by atoms with Crippen LogP contribution in [0.1, 0.15) is 24.0 Å². The molecule has 0 spiro atoms. The molecule has 0 aliphatic carbocycles. The molecule has 1 aromatic heterocycles. The summed E-state index contributed by atoms with van der Waals surface area (Å²) >= 11 is 1.58. The van der Waals surface area contributed by atoms with E-state index in [-0.39, 0.29) is 5.91 Å². The molecule has 0 aliphatic heterocycles. The maximum absolute atomic E-state index is 11.2. The van der Waals surface area contributed by atoms with Gasteiger partial charge in [-0.3, -0.25) is 4.79 Å². The monoisotopic (exact) mass is 210 g/mol. The highest BCUT2D eigenvalue weighted by molar-refractivity contribution is 7.09. The summed E-state index contributed by atoms with van der Waals surface area (Å²) in [7, 11) is 0. The van der Waals surface area contributed by atoms with Crippen molar-refractivity contribution in [1.82, 2.24) is 10.3 Å². The topological polar surface area (TPSA) is 42.0 Å². The Hall–Kier alpha value is -1.16. The van der Waals surface area contributed by atoms with Gasteiger partial charge in [0.05, 0.1) is 10.7 Å². The Kier molecular flexibility index (Phi) is 4.32. The molecule has 0 saturated carbocycles. The van der Waals surface area contributed by atoms with Crippen molar-refractivity contribution < 1.29 is 4.79 Å². The van der Waals surface area contributed by atoms with Crippen LogP contribution in [0.5, 0.6) is 0 Å². The van der Waals surface area contributed by atoms with Gasteiger partial charge >= 0.3 is 0 Å². The Morgan fingerprint density at radius 3 is 3.07 bits per heavy atom. The first-order chi connectivity index (χ1) is 6.72. The zero-order valence-electron chi connectivity index (χ0n) is 8.41. The number of aromatic nitrogens is 1. The van der Waals surface area contributed by atoms with Gasteiger partial charge in [-0.15, -0.1) is 11.3 Å². The van der Waals surface area contributed by atoms with E-state index in [4.69, 9.17) is 0 Å². The van der Waals surface area contributed by atoms with E-state index in [1.54, 1.807) is 17.4 Å². The molecule has 14 heavy (non-hydrogen) atoms. The molecule has 4 heteroatoms. The summed E-state index contributed by atoms with van der Waals surface area (Å²) in [6.07, 6.45) is 4.20. The number of nitrogens with zero attached hydrogens (tertiary/aromatic N) is 1. The molecule has 76 valence electrons. The highest BCUT2D eigenvalue weighted by Gasteiger charge is 1.95. The predicted octanol–water partition coefficient (Wildman–Crippen LogP) is 1.99. The number of carbonyl (C=O) groups excluding carboxylic acids is 1. The number of aryl methyl sites for hydroxylation is 1. The minimum atomic E-state index is -0.0579. The average Bonchev–Trinajstić information content (AvgIpc) is 2.58. The van der Waals surface area contributed by atoms with Crippen LogP contribution >= 0.6 is 11.3 Å². The first-order valence-electron chi connectivity index (χ1n) is 4.60. The van der Waals surface area contributed by atoms with Crippen molar-refractivity contribution in [3.8, 4) is 0 Å². The van der Waals surface area contributed by atoms with Crippen LogP contribution in [-0.2, 0) is 4.79 Å². The summed E-state index contributed by atoms with van der Waals surface area (Å²) in [5.74, 6) is -0.0579. The normalized spacial score (nSPS) is 10.7. The second-order valence-electron chi connectivity index (χ2n) is 2.92. The first-order valence-corrected chi connectivity index (χ1v) is 5.48. The Morgan fingerprint density at radius 1 is 1.71 bits per heavy atom. The van der Waals surface area contributed by atoms with E-state index in [2.05, 4.69) is 10.3 Å². The standard InChI is InChI=1S/C10H14N2OS/c1-3-6-11-10(13)5-4-9-7-14-8(2)12-9/h4-5,7H,3,6H2,1-2H3,(H,11,13). The molecular weight excluding hydrogens is 196 g/mol. The third-order valence-corrected chi connectivity index (χ3v) is 2.38. The lowest BCUT2D eigenvalue weighted by Crippen LogP contribution is -2.21. The molecule has 0 unspecified atom stereocenters. The molecule has 0 atom stereocenters. The van der Waals surface area contributed by atoms with Crippen LogP contribution in [0.3, 0.4) is 0 Å². The zero-order chi connectivity index (χ0) is 10.4. The lowest BCUT2D eigenvalue weighted by Gasteiger charge is -1.96. The molecule has 0 saturated heterocycles. The van der Waals surface area contributed by atoms with Crippen molar-refractivity contribution in [1.29, 1.82) is 0 Å². The highest BCUT2D eigenvalue weighted by atomic mass is 32.1. The largest absolute Gasteiger partial charge is 0.353 e. The fourth-order valence-corrected chi connectivity index (χ4v) is 1.51. The van der Waals surface area contributed by atoms with Crippen molar-refractivity contribution in [3.63, 3.8) is 0 Å². The van der Waals surface area contributed by atoms with Gasteiger partial charge in [-0.05, 0) is 19.4 Å². The highest BCUT2D eigenvalue weighted by Crippen LogP contribution is 2.08. The van der Waals surface area contributed by atoms with E-state index in [9.17, 15) is 4.79 Å². The minimum Gasteiger partial charge on any atom is -0.353 e. The SMILES string of the molecule is CCCNC(=O)C=Cc1csc(C)n1. The van der Waals surface area contributed by atoms with Gasteiger partial charge in [0.15, 0.2) is 0 Å². The maximum atomic E-state index is 11.2. The third kappa shape index (κ3) is 3.70. The van der Waals surface area contributed by atoms with E-state index in [0.717, 1.165) is 23.7 Å². The molecule has 3 nitrogen and oxygen atoms in total. The van der Waals surface area contributed by atoms with Crippen molar-refractivity contribution >= 4 is 23.3 Å². The minimum absolute atomic E-state index is 0.0579.